The van der Waals surface area contributed by atoms with E-state index in [-0.39, 0.29) is 11.4 Å². The number of benzene rings is 1. The summed E-state index contributed by atoms with van der Waals surface area (Å²) in [4.78, 5) is 2.21. The Balaban J connectivity index is 2.25. The Hall–Kier alpha value is -1.02. The Kier molecular flexibility index (Phi) is 4.98. The first kappa shape index (κ1) is 16.4. The van der Waals surface area contributed by atoms with Gasteiger partial charge in [-0.25, -0.2) is 12.8 Å². The van der Waals surface area contributed by atoms with Crippen molar-refractivity contribution in [1.29, 1.82) is 0 Å². The molecule has 0 radical (unpaired) electrons. The Bertz CT molecular complexity index is 596. The number of rotatable bonds is 4. The van der Waals surface area contributed by atoms with Crippen molar-refractivity contribution in [1.82, 2.24) is 9.21 Å². The van der Waals surface area contributed by atoms with Crippen molar-refractivity contribution in [3.8, 4) is 0 Å². The number of sulfonamides is 1. The molecule has 5 nitrogen and oxygen atoms in total. The summed E-state index contributed by atoms with van der Waals surface area (Å²) < 4.78 is 40.2. The van der Waals surface area contributed by atoms with Gasteiger partial charge in [-0.15, -0.1) is 0 Å². The van der Waals surface area contributed by atoms with Crippen LogP contribution >= 0.6 is 0 Å². The lowest BCUT2D eigenvalue weighted by Gasteiger charge is -2.36. The van der Waals surface area contributed by atoms with Crippen molar-refractivity contribution >= 4 is 10.0 Å². The molecule has 1 aromatic rings. The molecular formula is C14H22FN3O2S. The van der Waals surface area contributed by atoms with Gasteiger partial charge in [0.15, 0.2) is 0 Å². The molecule has 1 saturated heterocycles. The smallest absolute Gasteiger partial charge is 0.243 e. The van der Waals surface area contributed by atoms with Crippen LogP contribution in [0.15, 0.2) is 23.1 Å². The molecule has 0 amide bonds. The molecule has 2 N–H and O–H groups in total. The molecule has 0 aromatic heterocycles. The molecule has 0 bridgehead atoms. The predicted molar refractivity (Wildman–Crippen MR) is 79.8 cm³/mol. The highest BCUT2D eigenvalue weighted by molar-refractivity contribution is 7.89. The zero-order valence-corrected chi connectivity index (χ0v) is 13.2. The van der Waals surface area contributed by atoms with E-state index in [2.05, 4.69) is 18.7 Å². The Labute approximate surface area is 125 Å². The van der Waals surface area contributed by atoms with Crippen LogP contribution in [0.1, 0.15) is 19.4 Å². The average Bonchev–Trinajstić information content (AvgIpc) is 2.47. The second-order valence-electron chi connectivity index (χ2n) is 5.49. The maximum atomic E-state index is 13.4. The van der Waals surface area contributed by atoms with Crippen LogP contribution < -0.4 is 5.73 Å². The number of hydrogen-bond donors (Lipinski definition) is 1. The second kappa shape index (κ2) is 6.39. The van der Waals surface area contributed by atoms with Gasteiger partial charge < -0.3 is 5.73 Å². The van der Waals surface area contributed by atoms with Gasteiger partial charge in [-0.1, -0.05) is 6.07 Å². The molecule has 21 heavy (non-hydrogen) atoms. The predicted octanol–water partition coefficient (Wildman–Crippen LogP) is 0.999. The number of nitrogens with zero attached hydrogens (tertiary/aromatic N) is 2. The van der Waals surface area contributed by atoms with Crippen LogP contribution in [0.2, 0.25) is 0 Å². The van der Waals surface area contributed by atoms with Gasteiger partial charge in [0.1, 0.15) is 5.82 Å². The van der Waals surface area contributed by atoms with Crippen LogP contribution in [0, 0.1) is 5.82 Å². The van der Waals surface area contributed by atoms with E-state index in [0.29, 0.717) is 37.8 Å². The fourth-order valence-electron chi connectivity index (χ4n) is 2.54. The third-order valence-electron chi connectivity index (χ3n) is 3.87. The van der Waals surface area contributed by atoms with E-state index >= 15 is 0 Å². The van der Waals surface area contributed by atoms with Crippen LogP contribution in [0.4, 0.5) is 4.39 Å². The summed E-state index contributed by atoms with van der Waals surface area (Å²) in [6.45, 7) is 6.45. The molecule has 0 spiro atoms. The van der Waals surface area contributed by atoms with E-state index in [0.717, 1.165) is 6.07 Å². The van der Waals surface area contributed by atoms with Gasteiger partial charge >= 0.3 is 0 Å². The lowest BCUT2D eigenvalue weighted by molar-refractivity contribution is 0.154. The summed E-state index contributed by atoms with van der Waals surface area (Å²) in [5, 5.41) is 0. The van der Waals surface area contributed by atoms with Crippen LogP contribution in [-0.2, 0) is 16.6 Å². The molecule has 1 aliphatic heterocycles. The normalized spacial score (nSPS) is 18.3. The maximum Gasteiger partial charge on any atom is 0.243 e. The molecule has 0 atom stereocenters. The van der Waals surface area contributed by atoms with Crippen molar-refractivity contribution in [3.05, 3.63) is 29.6 Å². The van der Waals surface area contributed by atoms with Gasteiger partial charge in [0.25, 0.3) is 0 Å². The fraction of sp³-hybridized carbons (Fsp3) is 0.571. The van der Waals surface area contributed by atoms with E-state index in [1.807, 2.05) is 0 Å². The number of nitrogens with two attached hydrogens (primary N) is 1. The summed E-state index contributed by atoms with van der Waals surface area (Å²) in [7, 11) is -3.69. The Morgan fingerprint density at radius 1 is 1.24 bits per heavy atom. The van der Waals surface area contributed by atoms with Crippen LogP contribution in [0.25, 0.3) is 0 Å². The minimum atomic E-state index is -3.69. The van der Waals surface area contributed by atoms with E-state index in [9.17, 15) is 12.8 Å². The molecule has 7 heteroatoms. The van der Waals surface area contributed by atoms with Gasteiger partial charge in [0.2, 0.25) is 10.0 Å². The van der Waals surface area contributed by atoms with E-state index < -0.39 is 15.8 Å². The number of hydrogen-bond acceptors (Lipinski definition) is 4. The van der Waals surface area contributed by atoms with Gasteiger partial charge in [-0.3, -0.25) is 4.90 Å². The summed E-state index contributed by atoms with van der Waals surface area (Å²) in [6, 6.07) is 4.13. The third-order valence-corrected chi connectivity index (χ3v) is 5.85. The zero-order chi connectivity index (χ0) is 15.6. The first-order valence-electron chi connectivity index (χ1n) is 7.09. The van der Waals surface area contributed by atoms with Gasteiger partial charge in [0, 0.05) is 38.8 Å². The molecule has 0 saturated carbocycles. The molecule has 1 fully saturated rings. The average molecular weight is 315 g/mol. The zero-order valence-electron chi connectivity index (χ0n) is 12.4. The quantitative estimate of drug-likeness (QED) is 0.900. The number of piperazine rings is 1. The molecule has 0 unspecified atom stereocenters. The lowest BCUT2D eigenvalue weighted by atomic mass is 10.2. The lowest BCUT2D eigenvalue weighted by Crippen LogP contribution is -2.50. The fourth-order valence-corrected chi connectivity index (χ4v) is 4.20. The molecule has 2 rings (SSSR count). The molecule has 1 heterocycles. The van der Waals surface area contributed by atoms with Gasteiger partial charge in [-0.05, 0) is 31.5 Å². The topological polar surface area (TPSA) is 66.6 Å². The van der Waals surface area contributed by atoms with E-state index in [4.69, 9.17) is 5.73 Å². The largest absolute Gasteiger partial charge is 0.326 e. The summed E-state index contributed by atoms with van der Waals surface area (Å²) in [5.74, 6) is -0.563. The summed E-state index contributed by atoms with van der Waals surface area (Å²) >= 11 is 0. The van der Waals surface area contributed by atoms with Crippen LogP contribution in [0.3, 0.4) is 0 Å². The van der Waals surface area contributed by atoms with Crippen LogP contribution in [0.5, 0.6) is 0 Å². The summed E-state index contributed by atoms with van der Waals surface area (Å²) in [6.07, 6.45) is 0. The van der Waals surface area contributed by atoms with Crippen molar-refractivity contribution in [3.63, 3.8) is 0 Å². The Morgan fingerprint density at radius 2 is 1.86 bits per heavy atom. The van der Waals surface area contributed by atoms with Crippen molar-refractivity contribution < 1.29 is 12.8 Å². The molecule has 118 valence electrons. The Morgan fingerprint density at radius 3 is 2.38 bits per heavy atom. The highest BCUT2D eigenvalue weighted by Gasteiger charge is 2.30. The van der Waals surface area contributed by atoms with Crippen molar-refractivity contribution in [2.24, 2.45) is 5.73 Å². The molecule has 1 aromatic carbocycles. The van der Waals surface area contributed by atoms with Gasteiger partial charge in [0.05, 0.1) is 4.90 Å². The van der Waals surface area contributed by atoms with Gasteiger partial charge in [-0.2, -0.15) is 4.31 Å². The minimum Gasteiger partial charge on any atom is -0.326 e. The monoisotopic (exact) mass is 315 g/mol. The first-order chi connectivity index (χ1) is 9.86. The van der Waals surface area contributed by atoms with E-state index in [1.54, 1.807) is 0 Å². The highest BCUT2D eigenvalue weighted by Crippen LogP contribution is 2.23. The number of halogens is 1. The molecule has 1 aliphatic rings. The van der Waals surface area contributed by atoms with Crippen LogP contribution in [-0.4, -0.2) is 49.8 Å². The molecule has 0 aliphatic carbocycles. The van der Waals surface area contributed by atoms with Crippen molar-refractivity contribution in [2.75, 3.05) is 26.2 Å². The molecular weight excluding hydrogens is 293 g/mol. The first-order valence-corrected chi connectivity index (χ1v) is 8.53. The second-order valence-corrected chi connectivity index (χ2v) is 7.40. The highest BCUT2D eigenvalue weighted by atomic mass is 32.2. The maximum absolute atomic E-state index is 13.4. The third kappa shape index (κ3) is 3.42. The minimum absolute atomic E-state index is 0.0111. The SMILES string of the molecule is CC(C)N1CCN(S(=O)(=O)c2cc(F)ccc2CN)CC1. The summed E-state index contributed by atoms with van der Waals surface area (Å²) in [5.41, 5.74) is 6.02. The standard InChI is InChI=1S/C14H22FN3O2S/c1-11(2)17-5-7-18(8-6-17)21(19,20)14-9-13(15)4-3-12(14)10-16/h3-4,9,11H,5-8,10,16H2,1-2H3. The van der Waals surface area contributed by atoms with E-state index in [1.165, 1.54) is 16.4 Å². The van der Waals surface area contributed by atoms with Crippen molar-refractivity contribution in [2.45, 2.75) is 31.3 Å².